The number of hydrogen-bond donors (Lipinski definition) is 2. The Balaban J connectivity index is 1.72. The molecule has 2 N–H and O–H groups in total. The Bertz CT molecular complexity index is 993. The summed E-state index contributed by atoms with van der Waals surface area (Å²) in [5.74, 6) is -0.832. The van der Waals surface area contributed by atoms with E-state index in [0.29, 0.717) is 16.9 Å². The minimum Gasteiger partial charge on any atom is -0.497 e. The van der Waals surface area contributed by atoms with Crippen LogP contribution in [0.2, 0.25) is 0 Å². The Kier molecular flexibility index (Phi) is 5.91. The highest BCUT2D eigenvalue weighted by Crippen LogP contribution is 2.15. The first kappa shape index (κ1) is 19.0. The molecule has 0 aliphatic heterocycles. The molecule has 0 aliphatic rings. The molecule has 2 amide bonds. The van der Waals surface area contributed by atoms with E-state index in [0.717, 1.165) is 0 Å². The molecule has 1 aromatic heterocycles. The smallest absolute Gasteiger partial charge is 0.274 e. The summed E-state index contributed by atoms with van der Waals surface area (Å²) in [6.45, 7) is -0.0199. The number of aromatic nitrogens is 2. The van der Waals surface area contributed by atoms with Gasteiger partial charge in [0.05, 0.1) is 7.11 Å². The van der Waals surface area contributed by atoms with Gasteiger partial charge in [-0.15, -0.1) is 0 Å². The second-order valence-corrected chi connectivity index (χ2v) is 5.71. The van der Waals surface area contributed by atoms with Gasteiger partial charge in [0.25, 0.3) is 11.8 Å². The summed E-state index contributed by atoms with van der Waals surface area (Å²) >= 11 is 0. The number of benzene rings is 2. The average molecular weight is 380 g/mol. The van der Waals surface area contributed by atoms with Crippen molar-refractivity contribution in [3.63, 3.8) is 0 Å². The molecule has 8 heteroatoms. The van der Waals surface area contributed by atoms with Crippen LogP contribution in [0.25, 0.3) is 0 Å². The Labute approximate surface area is 160 Å². The SMILES string of the molecule is COc1ccc(C(=O)Nc2nccnc2C(=O)NCc2ccccc2F)cc1. The number of amides is 2. The molecule has 0 saturated heterocycles. The summed E-state index contributed by atoms with van der Waals surface area (Å²) in [4.78, 5) is 32.9. The van der Waals surface area contributed by atoms with E-state index in [4.69, 9.17) is 4.74 Å². The molecule has 0 fully saturated rings. The lowest BCUT2D eigenvalue weighted by molar-refractivity contribution is 0.0946. The zero-order valence-corrected chi connectivity index (χ0v) is 15.0. The molecule has 0 bridgehead atoms. The first-order chi connectivity index (χ1) is 13.6. The minimum absolute atomic E-state index is 0.00866. The first-order valence-corrected chi connectivity index (χ1v) is 8.36. The molecule has 3 aromatic rings. The van der Waals surface area contributed by atoms with E-state index in [1.165, 1.54) is 25.6 Å². The number of rotatable bonds is 6. The van der Waals surface area contributed by atoms with Crippen molar-refractivity contribution in [1.82, 2.24) is 15.3 Å². The molecule has 3 rings (SSSR count). The molecule has 1 heterocycles. The molecule has 2 aromatic carbocycles. The number of halogens is 1. The lowest BCUT2D eigenvalue weighted by atomic mass is 10.2. The van der Waals surface area contributed by atoms with Crippen LogP contribution in [0.3, 0.4) is 0 Å². The van der Waals surface area contributed by atoms with E-state index in [1.807, 2.05) is 0 Å². The number of hydrogen-bond acceptors (Lipinski definition) is 5. The van der Waals surface area contributed by atoms with Gasteiger partial charge in [-0.3, -0.25) is 9.59 Å². The molecular weight excluding hydrogens is 363 g/mol. The summed E-state index contributed by atoms with van der Waals surface area (Å²) in [7, 11) is 1.53. The zero-order valence-electron chi connectivity index (χ0n) is 15.0. The van der Waals surface area contributed by atoms with Gasteiger partial charge in [-0.05, 0) is 30.3 Å². The number of anilines is 1. The third kappa shape index (κ3) is 4.47. The monoisotopic (exact) mass is 380 g/mol. The Morgan fingerprint density at radius 1 is 1.00 bits per heavy atom. The lowest BCUT2D eigenvalue weighted by Gasteiger charge is -2.10. The van der Waals surface area contributed by atoms with Crippen LogP contribution in [-0.4, -0.2) is 28.9 Å². The topological polar surface area (TPSA) is 93.2 Å². The van der Waals surface area contributed by atoms with E-state index in [-0.39, 0.29) is 18.1 Å². The van der Waals surface area contributed by atoms with Gasteiger partial charge < -0.3 is 15.4 Å². The van der Waals surface area contributed by atoms with Crippen molar-refractivity contribution in [3.8, 4) is 5.75 Å². The number of nitrogens with zero attached hydrogens (tertiary/aromatic N) is 2. The van der Waals surface area contributed by atoms with Crippen LogP contribution >= 0.6 is 0 Å². The molecule has 0 radical (unpaired) electrons. The van der Waals surface area contributed by atoms with E-state index >= 15 is 0 Å². The van der Waals surface area contributed by atoms with E-state index in [9.17, 15) is 14.0 Å². The van der Waals surface area contributed by atoms with Gasteiger partial charge >= 0.3 is 0 Å². The predicted octanol–water partition coefficient (Wildman–Crippen LogP) is 2.81. The fraction of sp³-hybridized carbons (Fsp3) is 0.100. The zero-order chi connectivity index (χ0) is 19.9. The summed E-state index contributed by atoms with van der Waals surface area (Å²) in [5, 5.41) is 5.14. The van der Waals surface area contributed by atoms with Gasteiger partial charge in [0, 0.05) is 30.1 Å². The number of nitrogens with one attached hydrogen (secondary N) is 2. The largest absolute Gasteiger partial charge is 0.497 e. The predicted molar refractivity (Wildman–Crippen MR) is 101 cm³/mol. The van der Waals surface area contributed by atoms with E-state index in [2.05, 4.69) is 20.6 Å². The number of carbonyl (C=O) groups excluding carboxylic acids is 2. The fourth-order valence-electron chi connectivity index (χ4n) is 2.42. The summed E-state index contributed by atoms with van der Waals surface area (Å²) in [5.41, 5.74) is 0.633. The minimum atomic E-state index is -0.582. The van der Waals surface area contributed by atoms with Gasteiger partial charge in [-0.2, -0.15) is 0 Å². The molecule has 28 heavy (non-hydrogen) atoms. The van der Waals surface area contributed by atoms with Gasteiger partial charge in [0.1, 0.15) is 11.6 Å². The van der Waals surface area contributed by atoms with Crippen LogP contribution < -0.4 is 15.4 Å². The Morgan fingerprint density at radius 2 is 1.71 bits per heavy atom. The first-order valence-electron chi connectivity index (χ1n) is 8.36. The van der Waals surface area contributed by atoms with Crippen molar-refractivity contribution >= 4 is 17.6 Å². The molecule has 0 spiro atoms. The molecule has 0 aliphatic carbocycles. The molecule has 142 valence electrons. The lowest BCUT2D eigenvalue weighted by Crippen LogP contribution is -2.26. The van der Waals surface area contributed by atoms with Gasteiger partial charge in [0.2, 0.25) is 0 Å². The summed E-state index contributed by atoms with van der Waals surface area (Å²) in [6, 6.07) is 12.6. The van der Waals surface area contributed by atoms with Crippen LogP contribution in [0.15, 0.2) is 60.9 Å². The Morgan fingerprint density at radius 3 is 2.43 bits per heavy atom. The van der Waals surface area contributed by atoms with Crippen LogP contribution in [0, 0.1) is 5.82 Å². The van der Waals surface area contributed by atoms with E-state index in [1.54, 1.807) is 42.5 Å². The van der Waals surface area contributed by atoms with Crippen molar-refractivity contribution in [1.29, 1.82) is 0 Å². The second-order valence-electron chi connectivity index (χ2n) is 5.71. The maximum absolute atomic E-state index is 13.7. The maximum Gasteiger partial charge on any atom is 0.274 e. The quantitative estimate of drug-likeness (QED) is 0.686. The average Bonchev–Trinajstić information content (AvgIpc) is 2.73. The Hall–Kier alpha value is -3.81. The van der Waals surface area contributed by atoms with Gasteiger partial charge in [-0.1, -0.05) is 18.2 Å². The number of carbonyl (C=O) groups is 2. The second kappa shape index (κ2) is 8.72. The van der Waals surface area contributed by atoms with Crippen molar-refractivity contribution in [2.24, 2.45) is 0 Å². The van der Waals surface area contributed by atoms with E-state index < -0.39 is 17.6 Å². The molecule has 0 unspecified atom stereocenters. The fourth-order valence-corrected chi connectivity index (χ4v) is 2.42. The molecule has 0 atom stereocenters. The van der Waals surface area contributed by atoms with Gasteiger partial charge in [0.15, 0.2) is 11.5 Å². The number of ether oxygens (including phenoxy) is 1. The van der Waals surface area contributed by atoms with Gasteiger partial charge in [-0.25, -0.2) is 14.4 Å². The maximum atomic E-state index is 13.7. The number of methoxy groups -OCH3 is 1. The summed E-state index contributed by atoms with van der Waals surface area (Å²) in [6.07, 6.45) is 2.69. The standard InChI is InChI=1S/C20H17FN4O3/c1-28-15-8-6-13(7-9-15)19(26)25-18-17(22-10-11-23-18)20(27)24-12-14-4-2-3-5-16(14)21/h2-11H,12H2,1H3,(H,24,27)(H,23,25,26). The van der Waals surface area contributed by atoms with Crippen molar-refractivity contribution in [3.05, 3.63) is 83.6 Å². The molecule has 7 nitrogen and oxygen atoms in total. The highest BCUT2D eigenvalue weighted by molar-refractivity contribution is 6.07. The van der Waals surface area contributed by atoms with Crippen LogP contribution in [0.4, 0.5) is 10.2 Å². The van der Waals surface area contributed by atoms with Crippen molar-refractivity contribution < 1.29 is 18.7 Å². The highest BCUT2D eigenvalue weighted by atomic mass is 19.1. The third-order valence-electron chi connectivity index (χ3n) is 3.89. The van der Waals surface area contributed by atoms with Crippen molar-refractivity contribution in [2.75, 3.05) is 12.4 Å². The highest BCUT2D eigenvalue weighted by Gasteiger charge is 2.17. The van der Waals surface area contributed by atoms with Crippen LogP contribution in [-0.2, 0) is 6.54 Å². The normalized spacial score (nSPS) is 10.2. The van der Waals surface area contributed by atoms with Crippen molar-refractivity contribution in [2.45, 2.75) is 6.54 Å². The molecule has 0 saturated carbocycles. The third-order valence-corrected chi connectivity index (χ3v) is 3.89. The summed E-state index contributed by atoms with van der Waals surface area (Å²) < 4.78 is 18.7. The molecular formula is C20H17FN4O3. The van der Waals surface area contributed by atoms with Crippen LogP contribution in [0.1, 0.15) is 26.4 Å². The van der Waals surface area contributed by atoms with Crippen LogP contribution in [0.5, 0.6) is 5.75 Å².